The van der Waals surface area contributed by atoms with Crippen molar-refractivity contribution in [2.45, 2.75) is 76.2 Å². The van der Waals surface area contributed by atoms with Crippen LogP contribution in [0.2, 0.25) is 0 Å². The summed E-state index contributed by atoms with van der Waals surface area (Å²) < 4.78 is 4.94. The fraction of sp³-hybridized carbons (Fsp3) is 0.722. The quantitative estimate of drug-likeness (QED) is 0.302. The summed E-state index contributed by atoms with van der Waals surface area (Å²) in [5, 5.41) is 18.8. The first-order chi connectivity index (χ1) is 11.4. The molecule has 6 heteroatoms. The molecule has 24 heavy (non-hydrogen) atoms. The van der Waals surface area contributed by atoms with Gasteiger partial charge in [-0.05, 0) is 19.3 Å². The van der Waals surface area contributed by atoms with Crippen molar-refractivity contribution < 1.29 is 29.3 Å². The zero-order valence-corrected chi connectivity index (χ0v) is 14.2. The van der Waals surface area contributed by atoms with Crippen LogP contribution in [0.3, 0.4) is 0 Å². The highest BCUT2D eigenvalue weighted by Gasteiger charge is 2.56. The van der Waals surface area contributed by atoms with Crippen LogP contribution in [0.5, 0.6) is 0 Å². The Kier molecular flexibility index (Phi) is 8.50. The third-order valence-corrected chi connectivity index (χ3v) is 4.62. The number of hydrogen-bond acceptors (Lipinski definition) is 4. The van der Waals surface area contributed by atoms with E-state index in [2.05, 4.69) is 6.58 Å². The van der Waals surface area contributed by atoms with Crippen molar-refractivity contribution in [3.05, 3.63) is 12.7 Å². The van der Waals surface area contributed by atoms with Crippen LogP contribution in [0.1, 0.15) is 70.6 Å². The van der Waals surface area contributed by atoms with Crippen molar-refractivity contribution in [2.24, 2.45) is 5.92 Å². The van der Waals surface area contributed by atoms with Crippen molar-refractivity contribution >= 4 is 17.9 Å². The van der Waals surface area contributed by atoms with E-state index in [4.69, 9.17) is 4.74 Å². The summed E-state index contributed by atoms with van der Waals surface area (Å²) in [5.41, 5.74) is -1.90. The number of allylic oxidation sites excluding steroid dienone is 1. The molecule has 0 bridgehead atoms. The number of carboxylic acids is 2. The summed E-state index contributed by atoms with van der Waals surface area (Å²) in [7, 11) is 0. The number of ether oxygens (including phenoxy) is 1. The fourth-order valence-electron chi connectivity index (χ4n) is 3.22. The maximum Gasteiger partial charge on any atom is 0.349 e. The van der Waals surface area contributed by atoms with Gasteiger partial charge in [-0.25, -0.2) is 4.79 Å². The summed E-state index contributed by atoms with van der Waals surface area (Å²) in [6.07, 6.45) is 10.1. The minimum atomic E-state index is -1.90. The molecule has 0 aromatic rings. The van der Waals surface area contributed by atoms with Crippen LogP contribution in [0.15, 0.2) is 12.7 Å². The Bertz CT molecular complexity index is 458. The van der Waals surface area contributed by atoms with Gasteiger partial charge in [0.2, 0.25) is 5.60 Å². The third-order valence-electron chi connectivity index (χ3n) is 4.62. The molecule has 2 atom stereocenters. The van der Waals surface area contributed by atoms with Gasteiger partial charge in [-0.3, -0.25) is 9.59 Å². The van der Waals surface area contributed by atoms with Crippen LogP contribution in [-0.4, -0.2) is 33.7 Å². The average Bonchev–Trinajstić information content (AvgIpc) is 2.92. The van der Waals surface area contributed by atoms with Crippen LogP contribution >= 0.6 is 0 Å². The minimum Gasteiger partial charge on any atom is -0.481 e. The highest BCUT2D eigenvalue weighted by Crippen LogP contribution is 2.37. The molecule has 0 amide bonds. The molecule has 0 aliphatic carbocycles. The van der Waals surface area contributed by atoms with E-state index in [9.17, 15) is 24.6 Å². The van der Waals surface area contributed by atoms with Crippen LogP contribution in [-0.2, 0) is 19.1 Å². The fourth-order valence-corrected chi connectivity index (χ4v) is 3.22. The van der Waals surface area contributed by atoms with Gasteiger partial charge >= 0.3 is 17.9 Å². The molecule has 0 spiro atoms. The lowest BCUT2D eigenvalue weighted by atomic mass is 9.81. The van der Waals surface area contributed by atoms with Crippen LogP contribution in [0.4, 0.5) is 0 Å². The van der Waals surface area contributed by atoms with Crippen molar-refractivity contribution in [1.82, 2.24) is 0 Å². The maximum absolute atomic E-state index is 11.5. The lowest BCUT2D eigenvalue weighted by Gasteiger charge is -2.29. The largest absolute Gasteiger partial charge is 0.481 e. The first-order valence-corrected chi connectivity index (χ1v) is 8.73. The minimum absolute atomic E-state index is 0.0409. The van der Waals surface area contributed by atoms with E-state index in [1.807, 2.05) is 6.08 Å². The van der Waals surface area contributed by atoms with Gasteiger partial charge in [0.25, 0.3) is 0 Å². The van der Waals surface area contributed by atoms with E-state index < -0.39 is 29.4 Å². The monoisotopic (exact) mass is 340 g/mol. The Morgan fingerprint density at radius 2 is 1.71 bits per heavy atom. The summed E-state index contributed by atoms with van der Waals surface area (Å²) >= 11 is 0. The highest BCUT2D eigenvalue weighted by molar-refractivity contribution is 5.90. The van der Waals surface area contributed by atoms with Crippen LogP contribution in [0, 0.1) is 5.92 Å². The lowest BCUT2D eigenvalue weighted by molar-refractivity contribution is -0.182. The van der Waals surface area contributed by atoms with Gasteiger partial charge in [-0.15, -0.1) is 6.58 Å². The smallest absolute Gasteiger partial charge is 0.349 e. The molecule has 1 rings (SSSR count). The molecular formula is C18H28O6. The molecule has 0 aromatic heterocycles. The number of esters is 1. The number of carboxylic acid groups (broad SMARTS) is 2. The zero-order valence-electron chi connectivity index (χ0n) is 14.2. The number of carbonyl (C=O) groups is 3. The van der Waals surface area contributed by atoms with Gasteiger partial charge in [0.1, 0.15) is 5.92 Å². The maximum atomic E-state index is 11.5. The Labute approximate surface area is 142 Å². The SMILES string of the molecule is C=CCCCCCCCCC[C@H](C(=O)O)[C@]1(C(=O)O)CCC(=O)O1. The Balaban J connectivity index is 2.39. The van der Waals surface area contributed by atoms with Crippen LogP contribution in [0.25, 0.3) is 0 Å². The molecule has 0 radical (unpaired) electrons. The highest BCUT2D eigenvalue weighted by atomic mass is 16.6. The normalized spacial score (nSPS) is 21.2. The molecule has 6 nitrogen and oxygen atoms in total. The average molecular weight is 340 g/mol. The van der Waals surface area contributed by atoms with Crippen molar-refractivity contribution in [1.29, 1.82) is 0 Å². The molecular weight excluding hydrogens is 312 g/mol. The number of aliphatic carboxylic acids is 2. The summed E-state index contributed by atoms with van der Waals surface area (Å²) in [6.45, 7) is 3.68. The molecule has 136 valence electrons. The topological polar surface area (TPSA) is 101 Å². The number of cyclic esters (lactones) is 1. The second-order valence-electron chi connectivity index (χ2n) is 6.40. The lowest BCUT2D eigenvalue weighted by Crippen LogP contribution is -2.49. The number of hydrogen-bond donors (Lipinski definition) is 2. The van der Waals surface area contributed by atoms with E-state index in [1.54, 1.807) is 0 Å². The van der Waals surface area contributed by atoms with E-state index in [1.165, 1.54) is 6.42 Å². The molecule has 0 unspecified atom stereocenters. The molecule has 2 N–H and O–H groups in total. The van der Waals surface area contributed by atoms with Crippen molar-refractivity contribution in [3.63, 3.8) is 0 Å². The molecule has 1 aliphatic heterocycles. The van der Waals surface area contributed by atoms with Gasteiger partial charge in [-0.2, -0.15) is 0 Å². The van der Waals surface area contributed by atoms with E-state index in [0.717, 1.165) is 38.5 Å². The van der Waals surface area contributed by atoms with Gasteiger partial charge in [0.15, 0.2) is 0 Å². The predicted octanol–water partition coefficient (Wildman–Crippen LogP) is 3.54. The second kappa shape index (κ2) is 10.1. The van der Waals surface area contributed by atoms with Gasteiger partial charge in [0, 0.05) is 12.8 Å². The first-order valence-electron chi connectivity index (χ1n) is 8.73. The predicted molar refractivity (Wildman–Crippen MR) is 88.6 cm³/mol. The third kappa shape index (κ3) is 5.65. The summed E-state index contributed by atoms with van der Waals surface area (Å²) in [4.78, 5) is 34.4. The van der Waals surface area contributed by atoms with Gasteiger partial charge in [0.05, 0.1) is 0 Å². The number of unbranched alkanes of at least 4 members (excludes halogenated alkanes) is 7. The second-order valence-corrected chi connectivity index (χ2v) is 6.40. The molecule has 0 saturated carbocycles. The summed E-state index contributed by atoms with van der Waals surface area (Å²) in [6, 6.07) is 0. The number of carbonyl (C=O) groups excluding carboxylic acids is 1. The van der Waals surface area contributed by atoms with Crippen molar-refractivity contribution in [2.75, 3.05) is 0 Å². The van der Waals surface area contributed by atoms with Crippen LogP contribution < -0.4 is 0 Å². The van der Waals surface area contributed by atoms with E-state index >= 15 is 0 Å². The molecule has 1 saturated heterocycles. The molecule has 1 aliphatic rings. The van der Waals surface area contributed by atoms with Gasteiger partial charge < -0.3 is 14.9 Å². The standard InChI is InChI=1S/C18H28O6/c1-2-3-4-5-6-7-8-9-10-11-14(16(20)21)18(17(22)23)13-12-15(19)24-18/h2,14H,1,3-13H2,(H,20,21)(H,22,23)/t14-,18+/m1/s1. The number of rotatable bonds is 13. The molecule has 0 aromatic carbocycles. The molecule has 1 heterocycles. The molecule has 1 fully saturated rings. The first kappa shape index (κ1) is 20.2. The van der Waals surface area contributed by atoms with E-state index in [0.29, 0.717) is 6.42 Å². The van der Waals surface area contributed by atoms with E-state index in [-0.39, 0.29) is 19.3 Å². The Morgan fingerprint density at radius 3 is 2.17 bits per heavy atom. The Hall–Kier alpha value is -1.85. The van der Waals surface area contributed by atoms with Crippen molar-refractivity contribution in [3.8, 4) is 0 Å². The summed E-state index contributed by atoms with van der Waals surface area (Å²) in [5.74, 6) is -4.39. The Morgan fingerprint density at radius 1 is 1.12 bits per heavy atom. The zero-order chi connectivity index (χ0) is 18.0. The van der Waals surface area contributed by atoms with Gasteiger partial charge in [-0.1, -0.05) is 44.6 Å².